The van der Waals surface area contributed by atoms with Crippen molar-refractivity contribution in [3.05, 3.63) is 65.7 Å². The average molecular weight is 434 g/mol. The molecule has 1 aromatic heterocycles. The number of fused-ring (bicyclic) bond motifs is 1. The van der Waals surface area contributed by atoms with E-state index < -0.39 is 5.97 Å². The molecule has 0 saturated heterocycles. The molecule has 0 spiro atoms. The molecule has 0 radical (unpaired) electrons. The number of amides is 1. The Morgan fingerprint density at radius 2 is 1.88 bits per heavy atom. The van der Waals surface area contributed by atoms with E-state index in [1.54, 1.807) is 11.8 Å². The number of ether oxygens (including phenoxy) is 1. The summed E-state index contributed by atoms with van der Waals surface area (Å²) in [7, 11) is 1.64. The maximum absolute atomic E-state index is 12.2. The summed E-state index contributed by atoms with van der Waals surface area (Å²) in [6.45, 7) is 0. The third-order valence-electron chi connectivity index (χ3n) is 5.43. The highest BCUT2D eigenvalue weighted by molar-refractivity contribution is 5.89. The molecular formula is C23H24N5O4-. The highest BCUT2D eigenvalue weighted by Crippen LogP contribution is 2.38. The molecule has 32 heavy (non-hydrogen) atoms. The zero-order valence-electron chi connectivity index (χ0n) is 17.7. The van der Waals surface area contributed by atoms with Gasteiger partial charge in [-0.2, -0.15) is 4.98 Å². The SMILES string of the molecule is COc1ccc([C@H]2C[C@@H](c3ccccc3)n3nc(NC(=O)CCCC(=O)[O-])nc3N2)cc1. The van der Waals surface area contributed by atoms with Gasteiger partial charge < -0.3 is 20.0 Å². The normalized spacial score (nSPS) is 17.2. The summed E-state index contributed by atoms with van der Waals surface area (Å²) in [4.78, 5) is 27.2. The van der Waals surface area contributed by atoms with Crippen molar-refractivity contribution in [3.8, 4) is 5.75 Å². The van der Waals surface area contributed by atoms with Crippen LogP contribution in [0.4, 0.5) is 11.9 Å². The van der Waals surface area contributed by atoms with Crippen LogP contribution in [0.3, 0.4) is 0 Å². The van der Waals surface area contributed by atoms with Crippen LogP contribution in [0.2, 0.25) is 0 Å². The van der Waals surface area contributed by atoms with Crippen molar-refractivity contribution in [3.63, 3.8) is 0 Å². The second kappa shape index (κ2) is 9.51. The number of methoxy groups -OCH3 is 1. The molecule has 1 aliphatic rings. The maximum atomic E-state index is 12.2. The minimum Gasteiger partial charge on any atom is -0.550 e. The molecule has 2 heterocycles. The van der Waals surface area contributed by atoms with Gasteiger partial charge in [-0.25, -0.2) is 4.68 Å². The lowest BCUT2D eigenvalue weighted by atomic mass is 9.93. The molecule has 1 amide bonds. The number of benzene rings is 2. The van der Waals surface area contributed by atoms with Crippen molar-refractivity contribution in [2.24, 2.45) is 0 Å². The van der Waals surface area contributed by atoms with E-state index in [4.69, 9.17) is 4.74 Å². The highest BCUT2D eigenvalue weighted by Gasteiger charge is 2.31. The van der Waals surface area contributed by atoms with E-state index in [2.05, 4.69) is 20.7 Å². The van der Waals surface area contributed by atoms with E-state index in [1.807, 2.05) is 54.6 Å². The van der Waals surface area contributed by atoms with Gasteiger partial charge in [0.05, 0.1) is 19.2 Å². The number of carbonyl (C=O) groups is 2. The van der Waals surface area contributed by atoms with Crippen LogP contribution in [0.25, 0.3) is 0 Å². The van der Waals surface area contributed by atoms with Crippen molar-refractivity contribution in [1.29, 1.82) is 0 Å². The number of aliphatic carboxylic acids is 1. The number of rotatable bonds is 8. The molecule has 2 aromatic carbocycles. The van der Waals surface area contributed by atoms with E-state index in [-0.39, 0.29) is 43.2 Å². The van der Waals surface area contributed by atoms with Crippen LogP contribution in [0.1, 0.15) is 48.9 Å². The third-order valence-corrected chi connectivity index (χ3v) is 5.43. The van der Waals surface area contributed by atoms with Gasteiger partial charge in [0.1, 0.15) is 5.75 Å². The Balaban J connectivity index is 1.57. The number of hydrogen-bond donors (Lipinski definition) is 2. The van der Waals surface area contributed by atoms with Crippen LogP contribution in [0.15, 0.2) is 54.6 Å². The Hall–Kier alpha value is -3.88. The first-order chi connectivity index (χ1) is 15.5. The Morgan fingerprint density at radius 3 is 2.56 bits per heavy atom. The summed E-state index contributed by atoms with van der Waals surface area (Å²) in [5.74, 6) is 0.0132. The second-order valence-electron chi connectivity index (χ2n) is 7.61. The van der Waals surface area contributed by atoms with Gasteiger partial charge in [-0.1, -0.05) is 42.5 Å². The molecule has 0 saturated carbocycles. The van der Waals surface area contributed by atoms with Crippen LogP contribution in [0.5, 0.6) is 5.75 Å². The first-order valence-electron chi connectivity index (χ1n) is 10.4. The molecule has 0 aliphatic carbocycles. The number of carboxylic acids is 1. The summed E-state index contributed by atoms with van der Waals surface area (Å²) in [6, 6.07) is 17.8. The Labute approximate surface area is 185 Å². The number of nitrogens with one attached hydrogen (secondary N) is 2. The number of anilines is 2. The predicted molar refractivity (Wildman–Crippen MR) is 116 cm³/mol. The van der Waals surface area contributed by atoms with Crippen LogP contribution in [-0.4, -0.2) is 33.8 Å². The molecule has 3 aromatic rings. The predicted octanol–water partition coefficient (Wildman–Crippen LogP) is 2.29. The van der Waals surface area contributed by atoms with Gasteiger partial charge in [-0.15, -0.1) is 5.10 Å². The molecule has 2 atom stereocenters. The lowest BCUT2D eigenvalue weighted by molar-refractivity contribution is -0.305. The first kappa shape index (κ1) is 21.4. The number of carbonyl (C=O) groups excluding carboxylic acids is 2. The monoisotopic (exact) mass is 434 g/mol. The smallest absolute Gasteiger partial charge is 0.250 e. The molecule has 0 unspecified atom stereocenters. The summed E-state index contributed by atoms with van der Waals surface area (Å²) in [6.07, 6.45) is 0.835. The topological polar surface area (TPSA) is 121 Å². The van der Waals surface area contributed by atoms with Crippen molar-refractivity contribution in [1.82, 2.24) is 14.8 Å². The largest absolute Gasteiger partial charge is 0.550 e. The molecular weight excluding hydrogens is 410 g/mol. The molecule has 2 N–H and O–H groups in total. The summed E-state index contributed by atoms with van der Waals surface area (Å²) < 4.78 is 7.05. The standard InChI is InChI=1S/C23H25N5O4/c1-32-17-12-10-15(11-13-17)18-14-19(16-6-3-2-4-7-16)28-23(24-18)26-22(27-28)25-20(29)8-5-9-21(30)31/h2-4,6-7,10-13,18-19H,5,8-9,14H2,1H3,(H,30,31)(H2,24,25,26,27,29)/p-1/t18-,19+/m1/s1. The molecule has 1 aliphatic heterocycles. The van der Waals surface area contributed by atoms with Crippen LogP contribution < -0.4 is 20.5 Å². The fourth-order valence-corrected chi connectivity index (χ4v) is 3.82. The van der Waals surface area contributed by atoms with E-state index in [1.165, 1.54) is 0 Å². The van der Waals surface area contributed by atoms with Gasteiger partial charge in [0, 0.05) is 12.4 Å². The van der Waals surface area contributed by atoms with Crippen molar-refractivity contribution in [2.75, 3.05) is 17.7 Å². The first-order valence-corrected chi connectivity index (χ1v) is 10.4. The minimum absolute atomic E-state index is 0.00516. The molecule has 0 bridgehead atoms. The lowest BCUT2D eigenvalue weighted by Gasteiger charge is -2.31. The summed E-state index contributed by atoms with van der Waals surface area (Å²) in [5, 5.41) is 21.1. The maximum Gasteiger partial charge on any atom is 0.250 e. The molecule has 4 rings (SSSR count). The van der Waals surface area contributed by atoms with Crippen LogP contribution in [0, 0.1) is 0 Å². The Bertz CT molecular complexity index is 1080. The Morgan fingerprint density at radius 1 is 1.12 bits per heavy atom. The molecule has 0 fully saturated rings. The Kier molecular flexibility index (Phi) is 6.34. The van der Waals surface area contributed by atoms with Gasteiger partial charge >= 0.3 is 0 Å². The fraction of sp³-hybridized carbons (Fsp3) is 0.304. The van der Waals surface area contributed by atoms with Gasteiger partial charge in [0.25, 0.3) is 5.95 Å². The highest BCUT2D eigenvalue weighted by atomic mass is 16.5. The average Bonchev–Trinajstić information content (AvgIpc) is 3.21. The van der Waals surface area contributed by atoms with Gasteiger partial charge in [0.15, 0.2) is 0 Å². The second-order valence-corrected chi connectivity index (χ2v) is 7.61. The number of aromatic nitrogens is 3. The van der Waals surface area contributed by atoms with Crippen LogP contribution in [-0.2, 0) is 9.59 Å². The quantitative estimate of drug-likeness (QED) is 0.558. The molecule has 9 heteroatoms. The summed E-state index contributed by atoms with van der Waals surface area (Å²) >= 11 is 0. The van der Waals surface area contributed by atoms with E-state index >= 15 is 0 Å². The van der Waals surface area contributed by atoms with Crippen molar-refractivity contribution >= 4 is 23.8 Å². The van der Waals surface area contributed by atoms with Crippen molar-refractivity contribution in [2.45, 2.75) is 37.8 Å². The van der Waals surface area contributed by atoms with Crippen molar-refractivity contribution < 1.29 is 19.4 Å². The van der Waals surface area contributed by atoms with E-state index in [0.29, 0.717) is 5.95 Å². The lowest BCUT2D eigenvalue weighted by Crippen LogP contribution is -2.28. The zero-order chi connectivity index (χ0) is 22.5. The number of nitrogens with zero attached hydrogens (tertiary/aromatic N) is 3. The fourth-order valence-electron chi connectivity index (χ4n) is 3.82. The van der Waals surface area contributed by atoms with E-state index in [0.717, 1.165) is 23.3 Å². The minimum atomic E-state index is -1.17. The summed E-state index contributed by atoms with van der Waals surface area (Å²) in [5.41, 5.74) is 2.18. The van der Waals surface area contributed by atoms with E-state index in [9.17, 15) is 14.7 Å². The molecule has 9 nitrogen and oxygen atoms in total. The van der Waals surface area contributed by atoms with Gasteiger partial charge in [0.2, 0.25) is 11.9 Å². The zero-order valence-corrected chi connectivity index (χ0v) is 17.7. The number of hydrogen-bond acceptors (Lipinski definition) is 7. The van der Waals surface area contributed by atoms with Crippen LogP contribution >= 0.6 is 0 Å². The third kappa shape index (κ3) is 4.88. The molecule has 166 valence electrons. The number of carboxylic acid groups (broad SMARTS) is 1. The van der Waals surface area contributed by atoms with Gasteiger partial charge in [-0.3, -0.25) is 10.1 Å². The van der Waals surface area contributed by atoms with Gasteiger partial charge in [-0.05, 0) is 42.5 Å².